The quantitative estimate of drug-likeness (QED) is 0.504. The van der Waals surface area contributed by atoms with Crippen molar-refractivity contribution in [2.75, 3.05) is 18.9 Å². The minimum absolute atomic E-state index is 0.0269. The number of hydrogen-bond donors (Lipinski definition) is 1. The highest BCUT2D eigenvalue weighted by Crippen LogP contribution is 2.31. The molecule has 140 valence electrons. The van der Waals surface area contributed by atoms with Crippen LogP contribution in [0.25, 0.3) is 21.6 Å². The van der Waals surface area contributed by atoms with E-state index in [2.05, 4.69) is 20.3 Å². The van der Waals surface area contributed by atoms with Gasteiger partial charge in [0.15, 0.2) is 5.16 Å². The number of benzene rings is 1. The average molecular weight is 401 g/mol. The first-order valence-corrected chi connectivity index (χ1v) is 10.7. The molecule has 1 amide bonds. The van der Waals surface area contributed by atoms with Gasteiger partial charge < -0.3 is 10.1 Å². The van der Waals surface area contributed by atoms with E-state index < -0.39 is 0 Å². The zero-order valence-corrected chi connectivity index (χ0v) is 16.6. The highest BCUT2D eigenvalue weighted by molar-refractivity contribution is 7.99. The zero-order valence-electron chi connectivity index (χ0n) is 15.0. The lowest BCUT2D eigenvalue weighted by atomic mass is 10.1. The summed E-state index contributed by atoms with van der Waals surface area (Å²) in [4.78, 5) is 26.9. The minimum Gasteiger partial charge on any atom is -0.376 e. The van der Waals surface area contributed by atoms with Gasteiger partial charge in [-0.15, -0.1) is 0 Å². The number of hydrogen-bond acceptors (Lipinski definition) is 7. The Balaban J connectivity index is 1.49. The van der Waals surface area contributed by atoms with Crippen LogP contribution in [0.2, 0.25) is 0 Å². The third-order valence-corrected chi connectivity index (χ3v) is 5.99. The molecule has 1 aliphatic rings. The number of thioether (sulfide) groups is 1. The average Bonchev–Trinajstić information content (AvgIpc) is 3.33. The first-order chi connectivity index (χ1) is 13.2. The zero-order chi connectivity index (χ0) is 18.6. The molecule has 0 bridgehead atoms. The first kappa shape index (κ1) is 18.3. The van der Waals surface area contributed by atoms with Crippen LogP contribution >= 0.6 is 23.1 Å². The minimum atomic E-state index is -0.0269. The predicted molar refractivity (Wildman–Crippen MR) is 108 cm³/mol. The number of carbonyl (C=O) groups is 1. The van der Waals surface area contributed by atoms with E-state index in [1.807, 2.05) is 37.3 Å². The Labute approximate surface area is 165 Å². The highest BCUT2D eigenvalue weighted by Gasteiger charge is 2.17. The van der Waals surface area contributed by atoms with E-state index in [0.29, 0.717) is 11.7 Å². The molecule has 1 aromatic carbocycles. The molecule has 3 aromatic rings. The van der Waals surface area contributed by atoms with E-state index >= 15 is 0 Å². The lowest BCUT2D eigenvalue weighted by molar-refractivity contribution is -0.119. The van der Waals surface area contributed by atoms with Gasteiger partial charge in [-0.3, -0.25) is 4.79 Å². The maximum Gasteiger partial charge on any atom is 0.230 e. The third kappa shape index (κ3) is 4.45. The van der Waals surface area contributed by atoms with Crippen molar-refractivity contribution in [3.8, 4) is 11.3 Å². The molecular formula is C19H20N4O2S2. The van der Waals surface area contributed by atoms with Crippen LogP contribution in [0.4, 0.5) is 0 Å². The summed E-state index contributed by atoms with van der Waals surface area (Å²) in [6, 6.07) is 9.96. The number of thiazole rings is 1. The van der Waals surface area contributed by atoms with Gasteiger partial charge in [0.05, 0.1) is 16.9 Å². The summed E-state index contributed by atoms with van der Waals surface area (Å²) >= 11 is 2.89. The van der Waals surface area contributed by atoms with Crippen molar-refractivity contribution in [2.24, 2.45) is 0 Å². The molecule has 1 saturated heterocycles. The number of nitrogens with zero attached hydrogens (tertiary/aromatic N) is 3. The van der Waals surface area contributed by atoms with E-state index in [-0.39, 0.29) is 17.8 Å². The molecule has 0 spiro atoms. The van der Waals surface area contributed by atoms with Gasteiger partial charge in [0.2, 0.25) is 5.91 Å². The summed E-state index contributed by atoms with van der Waals surface area (Å²) in [5.41, 5.74) is 2.63. The SMILES string of the molecule is Cc1nc2c(-c3ccccc3)nc(SCC(=O)NC[C@H]3CCCO3)nc2s1. The lowest BCUT2D eigenvalue weighted by Crippen LogP contribution is -2.32. The molecule has 0 aliphatic carbocycles. The molecule has 0 saturated carbocycles. The Morgan fingerprint density at radius 1 is 1.30 bits per heavy atom. The van der Waals surface area contributed by atoms with Crippen molar-refractivity contribution in [1.82, 2.24) is 20.3 Å². The fraction of sp³-hybridized carbons (Fsp3) is 0.368. The van der Waals surface area contributed by atoms with Crippen LogP contribution in [-0.2, 0) is 9.53 Å². The molecule has 6 nitrogen and oxygen atoms in total. The van der Waals surface area contributed by atoms with Crippen LogP contribution in [0.5, 0.6) is 0 Å². The fourth-order valence-corrected chi connectivity index (χ4v) is 4.50. The molecule has 4 rings (SSSR count). The van der Waals surface area contributed by atoms with Crippen molar-refractivity contribution in [3.05, 3.63) is 35.3 Å². The number of nitrogens with one attached hydrogen (secondary N) is 1. The maximum absolute atomic E-state index is 12.1. The van der Waals surface area contributed by atoms with Crippen LogP contribution in [0, 0.1) is 6.92 Å². The van der Waals surface area contributed by atoms with E-state index in [9.17, 15) is 4.79 Å². The Kier molecular flexibility index (Phi) is 5.66. The number of amides is 1. The second kappa shape index (κ2) is 8.33. The maximum atomic E-state index is 12.1. The number of ether oxygens (including phenoxy) is 1. The molecular weight excluding hydrogens is 380 g/mol. The Morgan fingerprint density at radius 3 is 2.93 bits per heavy atom. The van der Waals surface area contributed by atoms with Crippen LogP contribution in [0.3, 0.4) is 0 Å². The van der Waals surface area contributed by atoms with E-state index in [0.717, 1.165) is 46.1 Å². The highest BCUT2D eigenvalue weighted by atomic mass is 32.2. The van der Waals surface area contributed by atoms with Crippen molar-refractivity contribution in [1.29, 1.82) is 0 Å². The van der Waals surface area contributed by atoms with Gasteiger partial charge in [-0.25, -0.2) is 15.0 Å². The normalized spacial score (nSPS) is 16.7. The summed E-state index contributed by atoms with van der Waals surface area (Å²) in [6.45, 7) is 3.33. The molecule has 3 heterocycles. The fourth-order valence-electron chi connectivity index (χ4n) is 2.98. The van der Waals surface area contributed by atoms with Crippen molar-refractivity contribution in [3.63, 3.8) is 0 Å². The van der Waals surface area contributed by atoms with E-state index in [1.54, 1.807) is 11.3 Å². The first-order valence-electron chi connectivity index (χ1n) is 8.91. The van der Waals surface area contributed by atoms with E-state index in [1.165, 1.54) is 11.8 Å². The second-order valence-electron chi connectivity index (χ2n) is 6.34. The van der Waals surface area contributed by atoms with Crippen LogP contribution in [-0.4, -0.2) is 45.9 Å². The molecule has 1 aliphatic heterocycles. The number of aryl methyl sites for hydroxylation is 1. The predicted octanol–water partition coefficient (Wildman–Crippen LogP) is 3.45. The molecule has 0 radical (unpaired) electrons. The Bertz CT molecular complexity index is 940. The molecule has 2 aromatic heterocycles. The van der Waals surface area contributed by atoms with Gasteiger partial charge in [0, 0.05) is 18.7 Å². The summed E-state index contributed by atoms with van der Waals surface area (Å²) in [7, 11) is 0. The lowest BCUT2D eigenvalue weighted by Gasteiger charge is -2.10. The second-order valence-corrected chi connectivity index (χ2v) is 8.46. The van der Waals surface area contributed by atoms with Gasteiger partial charge in [-0.1, -0.05) is 53.4 Å². The largest absolute Gasteiger partial charge is 0.376 e. The number of aromatic nitrogens is 3. The summed E-state index contributed by atoms with van der Waals surface area (Å²) in [5, 5.41) is 4.48. The monoisotopic (exact) mass is 400 g/mol. The van der Waals surface area contributed by atoms with Gasteiger partial charge in [-0.2, -0.15) is 0 Å². The molecule has 0 unspecified atom stereocenters. The molecule has 8 heteroatoms. The number of rotatable bonds is 6. The smallest absolute Gasteiger partial charge is 0.230 e. The number of carbonyl (C=O) groups excluding carboxylic acids is 1. The summed E-state index contributed by atoms with van der Waals surface area (Å²) < 4.78 is 5.53. The van der Waals surface area contributed by atoms with Gasteiger partial charge >= 0.3 is 0 Å². The molecule has 27 heavy (non-hydrogen) atoms. The van der Waals surface area contributed by atoms with Crippen molar-refractivity contribution in [2.45, 2.75) is 31.0 Å². The third-order valence-electron chi connectivity index (χ3n) is 4.28. The Hall–Kier alpha value is -2.03. The Morgan fingerprint density at radius 2 is 2.15 bits per heavy atom. The number of fused-ring (bicyclic) bond motifs is 1. The van der Waals surface area contributed by atoms with Crippen LogP contribution < -0.4 is 5.32 Å². The summed E-state index contributed by atoms with van der Waals surface area (Å²) in [6.07, 6.45) is 2.23. The summed E-state index contributed by atoms with van der Waals surface area (Å²) in [5.74, 6) is 0.255. The molecule has 1 fully saturated rings. The van der Waals surface area contributed by atoms with Crippen LogP contribution in [0.1, 0.15) is 17.8 Å². The van der Waals surface area contributed by atoms with Crippen molar-refractivity contribution < 1.29 is 9.53 Å². The van der Waals surface area contributed by atoms with E-state index in [4.69, 9.17) is 4.74 Å². The van der Waals surface area contributed by atoms with Gasteiger partial charge in [0.1, 0.15) is 16.0 Å². The van der Waals surface area contributed by atoms with Crippen LogP contribution in [0.15, 0.2) is 35.5 Å². The molecule has 1 N–H and O–H groups in total. The van der Waals surface area contributed by atoms with Gasteiger partial charge in [-0.05, 0) is 19.8 Å². The standard InChI is InChI=1S/C19H20N4O2S2/c1-12-21-17-16(13-6-3-2-4-7-13)22-19(23-18(17)27-12)26-11-15(24)20-10-14-8-5-9-25-14/h2-4,6-7,14H,5,8-11H2,1H3,(H,20,24)/t14-/m1/s1. The topological polar surface area (TPSA) is 77.0 Å². The van der Waals surface area contributed by atoms with Gasteiger partial charge in [0.25, 0.3) is 0 Å². The molecule has 1 atom stereocenters. The van der Waals surface area contributed by atoms with Crippen molar-refractivity contribution >= 4 is 39.4 Å².